The Balaban J connectivity index is 0.00000220. The van der Waals surface area contributed by atoms with Crippen molar-refractivity contribution in [3.05, 3.63) is 73.3 Å². The SMILES string of the molecule is C=CC(=O)OCC[NH+](c1ccccc1)c1ccccc1.[Cl-]. The van der Waals surface area contributed by atoms with E-state index in [1.54, 1.807) is 0 Å². The van der Waals surface area contributed by atoms with Crippen LogP contribution in [0.5, 0.6) is 0 Å². The van der Waals surface area contributed by atoms with Crippen LogP contribution < -0.4 is 17.3 Å². The summed E-state index contributed by atoms with van der Waals surface area (Å²) < 4.78 is 5.09. The minimum Gasteiger partial charge on any atom is -1.00 e. The van der Waals surface area contributed by atoms with E-state index in [9.17, 15) is 4.79 Å². The number of carbonyl (C=O) groups excluding carboxylic acids is 1. The summed E-state index contributed by atoms with van der Waals surface area (Å²) in [6, 6.07) is 20.3. The topological polar surface area (TPSA) is 30.7 Å². The average molecular weight is 304 g/mol. The fourth-order valence-corrected chi connectivity index (χ4v) is 2.05. The molecule has 2 aromatic rings. The molecule has 0 aliphatic heterocycles. The first kappa shape index (κ1) is 17.0. The lowest BCUT2D eigenvalue weighted by Gasteiger charge is -2.18. The Morgan fingerprint density at radius 3 is 1.90 bits per heavy atom. The van der Waals surface area contributed by atoms with Crippen LogP contribution in [0.25, 0.3) is 0 Å². The van der Waals surface area contributed by atoms with Crippen molar-refractivity contribution in [1.82, 2.24) is 0 Å². The Bertz CT molecular complexity index is 518. The number of benzene rings is 2. The first-order valence-electron chi connectivity index (χ1n) is 6.57. The summed E-state index contributed by atoms with van der Waals surface area (Å²) in [6.07, 6.45) is 1.19. The Labute approximate surface area is 131 Å². The van der Waals surface area contributed by atoms with Gasteiger partial charge >= 0.3 is 5.97 Å². The maximum atomic E-state index is 11.1. The van der Waals surface area contributed by atoms with Crippen LogP contribution in [0, 0.1) is 0 Å². The van der Waals surface area contributed by atoms with Crippen molar-refractivity contribution in [2.75, 3.05) is 13.2 Å². The van der Waals surface area contributed by atoms with Gasteiger partial charge in [0.1, 0.15) is 24.5 Å². The number of halogens is 1. The largest absolute Gasteiger partial charge is 1.00 e. The van der Waals surface area contributed by atoms with Crippen LogP contribution in [0.4, 0.5) is 11.4 Å². The maximum absolute atomic E-state index is 11.1. The number of hydrogen-bond acceptors (Lipinski definition) is 2. The van der Waals surface area contributed by atoms with E-state index in [1.807, 2.05) is 36.4 Å². The summed E-state index contributed by atoms with van der Waals surface area (Å²) in [7, 11) is 0. The van der Waals surface area contributed by atoms with Crippen molar-refractivity contribution in [2.24, 2.45) is 0 Å². The van der Waals surface area contributed by atoms with Gasteiger partial charge in [0.15, 0.2) is 0 Å². The molecule has 0 spiro atoms. The van der Waals surface area contributed by atoms with Crippen LogP contribution in [0.2, 0.25) is 0 Å². The first-order chi connectivity index (χ1) is 9.81. The van der Waals surface area contributed by atoms with E-state index in [1.165, 1.54) is 11.0 Å². The highest BCUT2D eigenvalue weighted by molar-refractivity contribution is 5.81. The van der Waals surface area contributed by atoms with Gasteiger partial charge in [0.2, 0.25) is 0 Å². The van der Waals surface area contributed by atoms with Crippen LogP contribution in [-0.2, 0) is 9.53 Å². The fourth-order valence-electron chi connectivity index (χ4n) is 2.05. The molecule has 0 aromatic heterocycles. The molecule has 0 heterocycles. The predicted octanol–water partition coefficient (Wildman–Crippen LogP) is -0.732. The lowest BCUT2D eigenvalue weighted by molar-refractivity contribution is -0.760. The number of para-hydroxylation sites is 2. The van der Waals surface area contributed by atoms with E-state index in [4.69, 9.17) is 4.74 Å². The Morgan fingerprint density at radius 2 is 1.48 bits per heavy atom. The third kappa shape index (κ3) is 5.06. The molecule has 0 radical (unpaired) electrons. The van der Waals surface area contributed by atoms with E-state index in [2.05, 4.69) is 30.8 Å². The van der Waals surface area contributed by atoms with Gasteiger partial charge in [-0.25, -0.2) is 4.79 Å². The van der Waals surface area contributed by atoms with E-state index in [0.29, 0.717) is 13.2 Å². The van der Waals surface area contributed by atoms with E-state index in [-0.39, 0.29) is 18.4 Å². The zero-order chi connectivity index (χ0) is 14.2. The van der Waals surface area contributed by atoms with Crippen molar-refractivity contribution < 1.29 is 26.8 Å². The van der Waals surface area contributed by atoms with Gasteiger partial charge in [-0.1, -0.05) is 43.0 Å². The zero-order valence-electron chi connectivity index (χ0n) is 11.7. The number of esters is 1. The molecule has 21 heavy (non-hydrogen) atoms. The van der Waals surface area contributed by atoms with Gasteiger partial charge in [0.05, 0.1) is 0 Å². The summed E-state index contributed by atoms with van der Waals surface area (Å²) in [5.41, 5.74) is 2.29. The number of hydrogen-bond donors (Lipinski definition) is 1. The smallest absolute Gasteiger partial charge is 0.330 e. The molecule has 0 unspecified atom stereocenters. The molecule has 0 bridgehead atoms. The number of carbonyl (C=O) groups is 1. The molecule has 0 aliphatic rings. The lowest BCUT2D eigenvalue weighted by atomic mass is 10.2. The molecule has 1 N–H and O–H groups in total. The van der Waals surface area contributed by atoms with Crippen LogP contribution in [-0.4, -0.2) is 19.1 Å². The lowest BCUT2D eigenvalue weighted by Crippen LogP contribution is -3.02. The Morgan fingerprint density at radius 1 is 1.00 bits per heavy atom. The van der Waals surface area contributed by atoms with Crippen molar-refractivity contribution in [3.8, 4) is 0 Å². The predicted molar refractivity (Wildman–Crippen MR) is 79.2 cm³/mol. The molecule has 0 fully saturated rings. The van der Waals surface area contributed by atoms with Crippen molar-refractivity contribution >= 4 is 17.3 Å². The molecule has 0 aliphatic carbocycles. The third-order valence-electron chi connectivity index (χ3n) is 3.01. The van der Waals surface area contributed by atoms with E-state index in [0.717, 1.165) is 11.4 Å². The van der Waals surface area contributed by atoms with Gasteiger partial charge in [-0.3, -0.25) is 4.90 Å². The molecule has 2 rings (SSSR count). The Kier molecular flexibility index (Phi) is 7.23. The molecule has 3 nitrogen and oxygen atoms in total. The highest BCUT2D eigenvalue weighted by Gasteiger charge is 2.15. The van der Waals surface area contributed by atoms with Crippen LogP contribution in [0.15, 0.2) is 73.3 Å². The molecule has 2 aromatic carbocycles. The number of ether oxygens (including phenoxy) is 1. The van der Waals surface area contributed by atoms with Gasteiger partial charge in [-0.05, 0) is 24.3 Å². The van der Waals surface area contributed by atoms with Crippen LogP contribution >= 0.6 is 0 Å². The highest BCUT2D eigenvalue weighted by atomic mass is 35.5. The van der Waals surface area contributed by atoms with Crippen LogP contribution in [0.3, 0.4) is 0 Å². The molecule has 0 atom stereocenters. The summed E-state index contributed by atoms with van der Waals surface area (Å²) in [5.74, 6) is -0.384. The van der Waals surface area contributed by atoms with E-state index < -0.39 is 0 Å². The van der Waals surface area contributed by atoms with Gasteiger partial charge in [-0.15, -0.1) is 0 Å². The van der Waals surface area contributed by atoms with Crippen molar-refractivity contribution in [1.29, 1.82) is 0 Å². The monoisotopic (exact) mass is 303 g/mol. The van der Waals surface area contributed by atoms with Crippen molar-refractivity contribution in [2.45, 2.75) is 0 Å². The molecular weight excluding hydrogens is 286 g/mol. The summed E-state index contributed by atoms with van der Waals surface area (Å²) in [5, 5.41) is 0. The average Bonchev–Trinajstić information content (AvgIpc) is 2.53. The van der Waals surface area contributed by atoms with Crippen molar-refractivity contribution in [3.63, 3.8) is 0 Å². The highest BCUT2D eigenvalue weighted by Crippen LogP contribution is 2.06. The normalized spacial score (nSPS) is 9.76. The van der Waals surface area contributed by atoms with Gasteiger partial charge in [0.25, 0.3) is 0 Å². The summed E-state index contributed by atoms with van der Waals surface area (Å²) >= 11 is 0. The zero-order valence-corrected chi connectivity index (χ0v) is 12.4. The number of rotatable bonds is 6. The Hall–Kier alpha value is -2.10. The molecule has 0 saturated carbocycles. The quantitative estimate of drug-likeness (QED) is 0.563. The maximum Gasteiger partial charge on any atom is 0.330 e. The number of nitrogens with one attached hydrogen (secondary N) is 1. The van der Waals surface area contributed by atoms with Gasteiger partial charge < -0.3 is 17.1 Å². The van der Waals surface area contributed by atoms with Gasteiger partial charge in [-0.2, -0.15) is 0 Å². The second-order valence-corrected chi connectivity index (χ2v) is 4.33. The second-order valence-electron chi connectivity index (χ2n) is 4.33. The summed E-state index contributed by atoms with van der Waals surface area (Å²) in [6.45, 7) is 4.42. The second kappa shape index (κ2) is 8.95. The standard InChI is InChI=1S/C17H17NO2.ClH/c1-2-17(19)20-14-13-18(15-9-5-3-6-10-15)16-11-7-4-8-12-16;/h2-12H,1,13-14H2;1H. The van der Waals surface area contributed by atoms with Crippen LogP contribution in [0.1, 0.15) is 0 Å². The molecule has 4 heteroatoms. The van der Waals surface area contributed by atoms with E-state index >= 15 is 0 Å². The first-order valence-corrected chi connectivity index (χ1v) is 6.57. The number of quaternary nitrogens is 1. The molecule has 0 amide bonds. The molecule has 110 valence electrons. The fraction of sp³-hybridized carbons (Fsp3) is 0.118. The molecular formula is C17H18ClNO2. The third-order valence-corrected chi connectivity index (χ3v) is 3.01. The summed E-state index contributed by atoms with van der Waals surface area (Å²) in [4.78, 5) is 12.3. The molecule has 0 saturated heterocycles. The minimum absolute atomic E-state index is 0. The van der Waals surface area contributed by atoms with Gasteiger partial charge in [0, 0.05) is 6.08 Å². The minimum atomic E-state index is -0.384.